The van der Waals surface area contributed by atoms with Gasteiger partial charge in [-0.3, -0.25) is 4.79 Å². The van der Waals surface area contributed by atoms with Crippen molar-refractivity contribution in [2.75, 3.05) is 45.8 Å². The lowest BCUT2D eigenvalue weighted by Crippen LogP contribution is -2.28. The molecule has 0 unspecified atom stereocenters. The van der Waals surface area contributed by atoms with E-state index in [-0.39, 0.29) is 16.0 Å². The quantitative estimate of drug-likeness (QED) is 0.564. The highest BCUT2D eigenvalue weighted by molar-refractivity contribution is 6.37. The van der Waals surface area contributed by atoms with Gasteiger partial charge >= 0.3 is 0 Å². The molecule has 6 nitrogen and oxygen atoms in total. The lowest BCUT2D eigenvalue weighted by molar-refractivity contribution is 0.102. The number of benzene rings is 2. The Hall–Kier alpha value is -2.15. The molecule has 0 aliphatic carbocycles. The summed E-state index contributed by atoms with van der Waals surface area (Å²) < 4.78 is 16.3. The Bertz CT molecular complexity index is 818. The van der Waals surface area contributed by atoms with Crippen LogP contribution in [0.5, 0.6) is 17.2 Å². The van der Waals surface area contributed by atoms with Gasteiger partial charge in [-0.25, -0.2) is 0 Å². The highest BCUT2D eigenvalue weighted by atomic mass is 35.5. The third kappa shape index (κ3) is 6.16. The zero-order chi connectivity index (χ0) is 21.4. The third-order valence-electron chi connectivity index (χ3n) is 4.45. The molecule has 158 valence electrons. The number of halogens is 2. The van der Waals surface area contributed by atoms with Crippen LogP contribution >= 0.6 is 23.2 Å². The maximum Gasteiger partial charge on any atom is 0.255 e. The number of methoxy groups -OCH3 is 2. The summed E-state index contributed by atoms with van der Waals surface area (Å²) in [7, 11) is 3.04. The van der Waals surface area contributed by atoms with Crippen molar-refractivity contribution in [3.63, 3.8) is 0 Å². The Kier molecular flexibility index (Phi) is 8.89. The Balaban J connectivity index is 2.13. The fraction of sp³-hybridized carbons (Fsp3) is 0.381. The van der Waals surface area contributed by atoms with Crippen LogP contribution in [0.2, 0.25) is 10.0 Å². The van der Waals surface area contributed by atoms with Gasteiger partial charge in [-0.15, -0.1) is 0 Å². The summed E-state index contributed by atoms with van der Waals surface area (Å²) in [5.74, 6) is 1.13. The second-order valence-electron chi connectivity index (χ2n) is 6.17. The minimum absolute atomic E-state index is 0.264. The van der Waals surface area contributed by atoms with Crippen molar-refractivity contribution in [1.82, 2.24) is 4.90 Å². The van der Waals surface area contributed by atoms with Gasteiger partial charge in [0.25, 0.3) is 5.91 Å². The molecule has 0 aliphatic heterocycles. The molecule has 2 aromatic rings. The minimum atomic E-state index is -0.351. The van der Waals surface area contributed by atoms with E-state index in [0.717, 1.165) is 19.6 Å². The normalized spacial score (nSPS) is 10.7. The first-order valence-electron chi connectivity index (χ1n) is 9.31. The molecule has 0 aromatic heterocycles. The van der Waals surface area contributed by atoms with Gasteiger partial charge in [-0.2, -0.15) is 0 Å². The highest BCUT2D eigenvalue weighted by Gasteiger charge is 2.15. The third-order valence-corrected chi connectivity index (χ3v) is 5.01. The fourth-order valence-electron chi connectivity index (χ4n) is 2.78. The van der Waals surface area contributed by atoms with Crippen molar-refractivity contribution in [2.45, 2.75) is 13.8 Å². The highest BCUT2D eigenvalue weighted by Crippen LogP contribution is 2.34. The monoisotopic (exact) mass is 440 g/mol. The maximum atomic E-state index is 12.6. The van der Waals surface area contributed by atoms with Crippen LogP contribution in [0.4, 0.5) is 5.69 Å². The van der Waals surface area contributed by atoms with Gasteiger partial charge in [0.15, 0.2) is 17.2 Å². The molecule has 0 saturated heterocycles. The van der Waals surface area contributed by atoms with Gasteiger partial charge in [-0.05, 0) is 37.4 Å². The number of rotatable bonds is 10. The largest absolute Gasteiger partial charge is 0.494 e. The molecule has 0 atom stereocenters. The number of likely N-dealkylation sites (N-methyl/N-ethyl adjacent to an activating group) is 1. The molecule has 2 aromatic carbocycles. The number of nitrogens with zero attached hydrogens (tertiary/aromatic N) is 1. The van der Waals surface area contributed by atoms with Crippen LogP contribution in [0.15, 0.2) is 30.3 Å². The summed E-state index contributed by atoms with van der Waals surface area (Å²) >= 11 is 12.2. The molecule has 2 rings (SSSR count). The number of ether oxygens (including phenoxy) is 3. The molecular weight excluding hydrogens is 415 g/mol. The lowest BCUT2D eigenvalue weighted by Gasteiger charge is -2.19. The summed E-state index contributed by atoms with van der Waals surface area (Å²) in [6.45, 7) is 7.45. The van der Waals surface area contributed by atoms with E-state index in [1.165, 1.54) is 19.2 Å². The SMILES string of the molecule is CCN(CC)CCOc1cc(NC(=O)c2cc(Cl)c(OC)c(Cl)c2)ccc1OC. The van der Waals surface area contributed by atoms with Gasteiger partial charge in [0.2, 0.25) is 0 Å². The van der Waals surface area contributed by atoms with Gasteiger partial charge in [0, 0.05) is 23.9 Å². The summed E-state index contributed by atoms with van der Waals surface area (Å²) in [5, 5.41) is 3.35. The number of nitrogens with one attached hydrogen (secondary N) is 1. The van der Waals surface area contributed by atoms with Crippen molar-refractivity contribution in [3.8, 4) is 17.2 Å². The number of carbonyl (C=O) groups is 1. The summed E-state index contributed by atoms with van der Waals surface area (Å²) in [5.41, 5.74) is 0.886. The molecule has 0 aliphatic rings. The number of carbonyl (C=O) groups excluding carboxylic acids is 1. The molecule has 8 heteroatoms. The molecule has 1 amide bonds. The van der Waals surface area contributed by atoms with Crippen LogP contribution in [-0.2, 0) is 0 Å². The minimum Gasteiger partial charge on any atom is -0.494 e. The van der Waals surface area contributed by atoms with Crippen molar-refractivity contribution in [2.24, 2.45) is 0 Å². The Labute approximate surface area is 181 Å². The van der Waals surface area contributed by atoms with Crippen LogP contribution in [0, 0.1) is 0 Å². The van der Waals surface area contributed by atoms with Crippen molar-refractivity contribution in [1.29, 1.82) is 0 Å². The molecule has 0 spiro atoms. The zero-order valence-corrected chi connectivity index (χ0v) is 18.6. The van der Waals surface area contributed by atoms with E-state index in [9.17, 15) is 4.79 Å². The predicted octanol–water partition coefficient (Wildman–Crippen LogP) is 4.98. The second-order valence-corrected chi connectivity index (χ2v) is 6.98. The van der Waals surface area contributed by atoms with E-state index in [2.05, 4.69) is 24.1 Å². The first-order chi connectivity index (χ1) is 13.9. The van der Waals surface area contributed by atoms with Crippen LogP contribution in [0.3, 0.4) is 0 Å². The molecule has 29 heavy (non-hydrogen) atoms. The van der Waals surface area contributed by atoms with Crippen molar-refractivity contribution < 1.29 is 19.0 Å². The zero-order valence-electron chi connectivity index (χ0n) is 17.1. The first kappa shape index (κ1) is 23.1. The van der Waals surface area contributed by atoms with Crippen molar-refractivity contribution in [3.05, 3.63) is 45.9 Å². The van der Waals surface area contributed by atoms with Gasteiger partial charge in [-0.1, -0.05) is 37.0 Å². The van der Waals surface area contributed by atoms with E-state index >= 15 is 0 Å². The average molecular weight is 441 g/mol. The van der Waals surface area contributed by atoms with Crippen molar-refractivity contribution >= 4 is 34.8 Å². The summed E-state index contributed by atoms with van der Waals surface area (Å²) in [6, 6.07) is 8.22. The maximum absolute atomic E-state index is 12.6. The first-order valence-corrected chi connectivity index (χ1v) is 10.1. The lowest BCUT2D eigenvalue weighted by atomic mass is 10.2. The summed E-state index contributed by atoms with van der Waals surface area (Å²) in [4.78, 5) is 14.9. The van der Waals surface area contributed by atoms with Crippen LogP contribution in [0.25, 0.3) is 0 Å². The number of hydrogen-bond donors (Lipinski definition) is 1. The molecule has 0 fully saturated rings. The molecule has 0 radical (unpaired) electrons. The van der Waals surface area contributed by atoms with Gasteiger partial charge in [0.05, 0.1) is 24.3 Å². The fourth-order valence-corrected chi connectivity index (χ4v) is 3.42. The molecular formula is C21H26Cl2N2O4. The van der Waals surface area contributed by atoms with E-state index in [4.69, 9.17) is 37.4 Å². The Morgan fingerprint density at radius 2 is 1.66 bits per heavy atom. The average Bonchev–Trinajstić information content (AvgIpc) is 2.71. The molecule has 1 N–H and O–H groups in total. The predicted molar refractivity (Wildman–Crippen MR) is 117 cm³/mol. The van der Waals surface area contributed by atoms with Gasteiger partial charge < -0.3 is 24.4 Å². The second kappa shape index (κ2) is 11.1. The van der Waals surface area contributed by atoms with Crippen LogP contribution < -0.4 is 19.5 Å². The molecule has 0 saturated carbocycles. The summed E-state index contributed by atoms with van der Waals surface area (Å²) in [6.07, 6.45) is 0. The van der Waals surface area contributed by atoms with Crippen LogP contribution in [-0.4, -0.2) is 51.3 Å². The van der Waals surface area contributed by atoms with E-state index < -0.39 is 0 Å². The van der Waals surface area contributed by atoms with E-state index in [1.807, 2.05) is 0 Å². The number of amides is 1. The number of anilines is 1. The number of hydrogen-bond acceptors (Lipinski definition) is 5. The standard InChI is InChI=1S/C21H26Cl2N2O4/c1-5-25(6-2)9-10-29-19-13-15(7-8-18(19)27-3)24-21(26)14-11-16(22)20(28-4)17(23)12-14/h7-8,11-13H,5-6,9-10H2,1-4H3,(H,24,26). The van der Waals surface area contributed by atoms with E-state index in [0.29, 0.717) is 35.1 Å². The van der Waals surface area contributed by atoms with Crippen LogP contribution in [0.1, 0.15) is 24.2 Å². The Morgan fingerprint density at radius 3 is 2.21 bits per heavy atom. The van der Waals surface area contributed by atoms with Gasteiger partial charge in [0.1, 0.15) is 6.61 Å². The topological polar surface area (TPSA) is 60.0 Å². The molecule has 0 bridgehead atoms. The molecule has 0 heterocycles. The smallest absolute Gasteiger partial charge is 0.255 e. The Morgan fingerprint density at radius 1 is 1.00 bits per heavy atom. The van der Waals surface area contributed by atoms with E-state index in [1.54, 1.807) is 25.3 Å².